The molecule has 4 heteroatoms. The third-order valence-electron chi connectivity index (χ3n) is 3.45. The van der Waals surface area contributed by atoms with Gasteiger partial charge in [0.05, 0.1) is 11.0 Å². The first-order chi connectivity index (χ1) is 7.37. The highest BCUT2D eigenvalue weighted by atomic mass is 16.5. The summed E-state index contributed by atoms with van der Waals surface area (Å²) in [5, 5.41) is 2.92. The molecule has 0 bridgehead atoms. The maximum absolute atomic E-state index is 12.1. The van der Waals surface area contributed by atoms with Crippen molar-refractivity contribution < 1.29 is 9.53 Å². The molecule has 0 aliphatic carbocycles. The average Bonchev–Trinajstić information content (AvgIpc) is 2.29. The van der Waals surface area contributed by atoms with Crippen molar-refractivity contribution in [3.8, 4) is 0 Å². The Labute approximate surface area is 98.9 Å². The topological polar surface area (TPSA) is 64.4 Å². The summed E-state index contributed by atoms with van der Waals surface area (Å²) in [4.78, 5) is 12.1. The number of amides is 1. The van der Waals surface area contributed by atoms with E-state index in [1.165, 1.54) is 0 Å². The van der Waals surface area contributed by atoms with E-state index in [-0.39, 0.29) is 11.5 Å². The van der Waals surface area contributed by atoms with E-state index >= 15 is 0 Å². The number of nitrogens with two attached hydrogens (primary N) is 1. The first-order valence-corrected chi connectivity index (χ1v) is 5.91. The molecule has 3 N–H and O–H groups in total. The predicted octanol–water partition coefficient (Wildman–Crippen LogP) is 1.29. The summed E-state index contributed by atoms with van der Waals surface area (Å²) in [5.74, 6) is 0.0325. The molecule has 96 valence electrons. The number of hydrogen-bond donors (Lipinski definition) is 2. The predicted molar refractivity (Wildman–Crippen MR) is 66.2 cm³/mol. The van der Waals surface area contributed by atoms with Gasteiger partial charge in [-0.1, -0.05) is 13.8 Å². The zero-order valence-corrected chi connectivity index (χ0v) is 11.2. The second-order valence-electron chi connectivity index (χ2n) is 4.84. The Bertz CT molecular complexity index is 215. The van der Waals surface area contributed by atoms with Crippen LogP contribution in [-0.2, 0) is 9.53 Å². The van der Waals surface area contributed by atoms with Crippen molar-refractivity contribution >= 4 is 5.91 Å². The van der Waals surface area contributed by atoms with E-state index in [0.717, 1.165) is 12.8 Å². The van der Waals surface area contributed by atoms with Gasteiger partial charge in [0, 0.05) is 20.2 Å². The van der Waals surface area contributed by atoms with E-state index in [2.05, 4.69) is 5.32 Å². The van der Waals surface area contributed by atoms with Gasteiger partial charge >= 0.3 is 0 Å². The molecule has 0 aromatic carbocycles. The first kappa shape index (κ1) is 15.4. The van der Waals surface area contributed by atoms with Crippen molar-refractivity contribution in [1.29, 1.82) is 0 Å². The Hall–Kier alpha value is -0.610. The summed E-state index contributed by atoms with van der Waals surface area (Å²) in [5.41, 5.74) is 4.95. The zero-order chi connectivity index (χ0) is 12.8. The normalized spacial score (nSPS) is 12.6. The van der Waals surface area contributed by atoms with Crippen LogP contribution in [0.4, 0.5) is 0 Å². The lowest BCUT2D eigenvalue weighted by atomic mass is 9.81. The van der Waals surface area contributed by atoms with Crippen molar-refractivity contribution in [2.75, 3.05) is 20.2 Å². The monoisotopic (exact) mass is 230 g/mol. The molecular formula is C12H26N2O2. The molecule has 0 aliphatic heterocycles. The van der Waals surface area contributed by atoms with Crippen LogP contribution >= 0.6 is 0 Å². The highest BCUT2D eigenvalue weighted by molar-refractivity contribution is 5.82. The minimum atomic E-state index is -0.427. The number of rotatable bonds is 7. The Kier molecular flexibility index (Phi) is 5.97. The third kappa shape index (κ3) is 3.76. The van der Waals surface area contributed by atoms with Gasteiger partial charge in [0.1, 0.15) is 0 Å². The Balaban J connectivity index is 4.44. The molecule has 0 aromatic heterocycles. The van der Waals surface area contributed by atoms with Gasteiger partial charge in [-0.2, -0.15) is 0 Å². The Morgan fingerprint density at radius 2 is 1.81 bits per heavy atom. The van der Waals surface area contributed by atoms with E-state index in [4.69, 9.17) is 10.5 Å². The van der Waals surface area contributed by atoms with Crippen molar-refractivity contribution in [3.63, 3.8) is 0 Å². The molecular weight excluding hydrogens is 204 g/mol. The largest absolute Gasteiger partial charge is 0.377 e. The summed E-state index contributed by atoms with van der Waals surface area (Å²) in [7, 11) is 1.64. The van der Waals surface area contributed by atoms with Gasteiger partial charge in [0.25, 0.3) is 0 Å². The molecule has 16 heavy (non-hydrogen) atoms. The van der Waals surface area contributed by atoms with Crippen molar-refractivity contribution in [2.45, 2.75) is 46.1 Å². The van der Waals surface area contributed by atoms with Gasteiger partial charge in [-0.15, -0.1) is 0 Å². The summed E-state index contributed by atoms with van der Waals surface area (Å²) in [6.45, 7) is 8.77. The van der Waals surface area contributed by atoms with Crippen molar-refractivity contribution in [1.82, 2.24) is 5.32 Å². The molecule has 0 aliphatic rings. The highest BCUT2D eigenvalue weighted by Gasteiger charge is 2.34. The minimum absolute atomic E-state index is 0.0325. The average molecular weight is 230 g/mol. The maximum atomic E-state index is 12.1. The fraction of sp³-hybridized carbons (Fsp3) is 0.917. The molecule has 0 unspecified atom stereocenters. The molecule has 0 radical (unpaired) electrons. The standard InChI is InChI=1S/C12H26N2O2/c1-6-12(7-2,8-13)10(15)14-9-11(3,4)16-5/h6-9,13H2,1-5H3,(H,14,15). The quantitative estimate of drug-likeness (QED) is 0.692. The van der Waals surface area contributed by atoms with Crippen LogP contribution in [0.3, 0.4) is 0 Å². The lowest BCUT2D eigenvalue weighted by Crippen LogP contribution is -2.49. The van der Waals surface area contributed by atoms with Gasteiger partial charge in [-0.3, -0.25) is 4.79 Å². The fourth-order valence-electron chi connectivity index (χ4n) is 1.51. The van der Waals surface area contributed by atoms with Gasteiger partial charge in [-0.05, 0) is 26.7 Å². The maximum Gasteiger partial charge on any atom is 0.227 e. The highest BCUT2D eigenvalue weighted by Crippen LogP contribution is 2.25. The number of carbonyl (C=O) groups excluding carboxylic acids is 1. The molecule has 0 saturated heterocycles. The number of hydrogen-bond acceptors (Lipinski definition) is 3. The molecule has 0 spiro atoms. The lowest BCUT2D eigenvalue weighted by molar-refractivity contribution is -0.132. The van der Waals surface area contributed by atoms with Crippen LogP contribution in [0.15, 0.2) is 0 Å². The molecule has 0 atom stereocenters. The van der Waals surface area contributed by atoms with Crippen LogP contribution in [0.5, 0.6) is 0 Å². The molecule has 4 nitrogen and oxygen atoms in total. The molecule has 1 amide bonds. The number of ether oxygens (including phenoxy) is 1. The van der Waals surface area contributed by atoms with Crippen LogP contribution in [0, 0.1) is 5.41 Å². The number of methoxy groups -OCH3 is 1. The summed E-state index contributed by atoms with van der Waals surface area (Å²) < 4.78 is 5.26. The zero-order valence-electron chi connectivity index (χ0n) is 11.2. The van der Waals surface area contributed by atoms with E-state index in [1.807, 2.05) is 27.7 Å². The van der Waals surface area contributed by atoms with E-state index in [9.17, 15) is 4.79 Å². The van der Waals surface area contributed by atoms with Gasteiger partial charge in [0.2, 0.25) is 5.91 Å². The molecule has 0 heterocycles. The summed E-state index contributed by atoms with van der Waals surface area (Å²) >= 11 is 0. The van der Waals surface area contributed by atoms with Crippen molar-refractivity contribution in [2.24, 2.45) is 11.1 Å². The van der Waals surface area contributed by atoms with Crippen LogP contribution in [0.1, 0.15) is 40.5 Å². The van der Waals surface area contributed by atoms with Crippen LogP contribution in [0.25, 0.3) is 0 Å². The van der Waals surface area contributed by atoms with Gasteiger partial charge in [0.15, 0.2) is 0 Å². The second-order valence-corrected chi connectivity index (χ2v) is 4.84. The fourth-order valence-corrected chi connectivity index (χ4v) is 1.51. The van der Waals surface area contributed by atoms with E-state index < -0.39 is 5.41 Å². The second kappa shape index (κ2) is 6.21. The SMILES string of the molecule is CCC(CC)(CN)C(=O)NCC(C)(C)OC. The molecule has 0 aromatic rings. The van der Waals surface area contributed by atoms with Gasteiger partial charge < -0.3 is 15.8 Å². The Morgan fingerprint density at radius 1 is 1.31 bits per heavy atom. The first-order valence-electron chi connectivity index (χ1n) is 5.91. The van der Waals surface area contributed by atoms with Crippen LogP contribution in [-0.4, -0.2) is 31.7 Å². The number of carbonyl (C=O) groups is 1. The Morgan fingerprint density at radius 3 is 2.12 bits per heavy atom. The lowest BCUT2D eigenvalue weighted by Gasteiger charge is -2.31. The summed E-state index contributed by atoms with van der Waals surface area (Å²) in [6, 6.07) is 0. The molecule has 0 fully saturated rings. The minimum Gasteiger partial charge on any atom is -0.377 e. The van der Waals surface area contributed by atoms with E-state index in [1.54, 1.807) is 7.11 Å². The van der Waals surface area contributed by atoms with Crippen LogP contribution < -0.4 is 11.1 Å². The van der Waals surface area contributed by atoms with Gasteiger partial charge in [-0.25, -0.2) is 0 Å². The third-order valence-corrected chi connectivity index (χ3v) is 3.45. The molecule has 0 saturated carbocycles. The number of nitrogens with one attached hydrogen (secondary N) is 1. The molecule has 0 rings (SSSR count). The smallest absolute Gasteiger partial charge is 0.227 e. The van der Waals surface area contributed by atoms with Crippen LogP contribution in [0.2, 0.25) is 0 Å². The van der Waals surface area contributed by atoms with Crippen molar-refractivity contribution in [3.05, 3.63) is 0 Å². The summed E-state index contributed by atoms with van der Waals surface area (Å²) in [6.07, 6.45) is 1.53. The van der Waals surface area contributed by atoms with E-state index in [0.29, 0.717) is 13.1 Å².